The lowest BCUT2D eigenvalue weighted by molar-refractivity contribution is -0.142. The van der Waals surface area contributed by atoms with E-state index in [9.17, 15) is 4.79 Å². The molecule has 0 aliphatic heterocycles. The fraction of sp³-hybridized carbons (Fsp3) is 0.556. The van der Waals surface area contributed by atoms with Gasteiger partial charge in [0.2, 0.25) is 0 Å². The monoisotopic (exact) mass is 197 g/mol. The van der Waals surface area contributed by atoms with Gasteiger partial charge in [0.05, 0.1) is 18.8 Å². The Labute approximate surface area is 83.1 Å². The quantitative estimate of drug-likeness (QED) is 0.679. The summed E-state index contributed by atoms with van der Waals surface area (Å²) in [5.74, 6) is -0.227. The maximum absolute atomic E-state index is 10.9. The molecule has 0 bridgehead atoms. The first-order valence-electron chi connectivity index (χ1n) is 4.57. The van der Waals surface area contributed by atoms with E-state index in [4.69, 9.17) is 4.74 Å². The average molecular weight is 197 g/mol. The summed E-state index contributed by atoms with van der Waals surface area (Å²) in [6, 6.07) is 1.90. The van der Waals surface area contributed by atoms with Crippen molar-refractivity contribution in [2.24, 2.45) is 7.05 Å². The zero-order valence-electron chi connectivity index (χ0n) is 8.49. The fourth-order valence-corrected chi connectivity index (χ4v) is 1.08. The van der Waals surface area contributed by atoms with Crippen molar-refractivity contribution in [2.45, 2.75) is 13.5 Å². The minimum atomic E-state index is -0.227. The molecule has 0 spiro atoms. The number of esters is 1. The standard InChI is InChI=1S/C9H15N3O2/c1-3-14-9(13)7-10-6-8-4-5-11-12(8)2/h4-5,10H,3,6-7H2,1-2H3. The third-order valence-electron chi connectivity index (χ3n) is 1.80. The van der Waals surface area contributed by atoms with Crippen LogP contribution in [0.4, 0.5) is 0 Å². The SMILES string of the molecule is CCOC(=O)CNCc1ccnn1C. The number of aryl methyl sites for hydroxylation is 1. The van der Waals surface area contributed by atoms with Crippen LogP contribution in [0.25, 0.3) is 0 Å². The predicted octanol–water partition coefficient (Wildman–Crippen LogP) is 0.0728. The van der Waals surface area contributed by atoms with Crippen LogP contribution >= 0.6 is 0 Å². The second kappa shape index (κ2) is 5.39. The van der Waals surface area contributed by atoms with E-state index in [0.29, 0.717) is 13.2 Å². The maximum Gasteiger partial charge on any atom is 0.319 e. The Morgan fingerprint density at radius 1 is 1.71 bits per heavy atom. The molecule has 0 aromatic carbocycles. The molecule has 0 aliphatic rings. The Morgan fingerprint density at radius 2 is 2.50 bits per heavy atom. The summed E-state index contributed by atoms with van der Waals surface area (Å²) in [4.78, 5) is 10.9. The second-order valence-corrected chi connectivity index (χ2v) is 2.85. The van der Waals surface area contributed by atoms with E-state index in [1.807, 2.05) is 13.1 Å². The molecule has 0 amide bonds. The van der Waals surface area contributed by atoms with Gasteiger partial charge in [-0.05, 0) is 13.0 Å². The van der Waals surface area contributed by atoms with Crippen LogP contribution in [0.15, 0.2) is 12.3 Å². The highest BCUT2D eigenvalue weighted by atomic mass is 16.5. The van der Waals surface area contributed by atoms with Gasteiger partial charge in [-0.3, -0.25) is 9.48 Å². The van der Waals surface area contributed by atoms with Gasteiger partial charge in [-0.25, -0.2) is 0 Å². The topological polar surface area (TPSA) is 56.1 Å². The van der Waals surface area contributed by atoms with E-state index >= 15 is 0 Å². The molecule has 0 fully saturated rings. The summed E-state index contributed by atoms with van der Waals surface area (Å²) < 4.78 is 6.53. The van der Waals surface area contributed by atoms with Crippen molar-refractivity contribution in [3.05, 3.63) is 18.0 Å². The highest BCUT2D eigenvalue weighted by molar-refractivity contribution is 5.71. The molecule has 1 N–H and O–H groups in total. The summed E-state index contributed by atoms with van der Waals surface area (Å²) in [7, 11) is 1.86. The predicted molar refractivity (Wildman–Crippen MR) is 51.5 cm³/mol. The number of nitrogens with zero attached hydrogens (tertiary/aromatic N) is 2. The molecule has 78 valence electrons. The number of hydrogen-bond donors (Lipinski definition) is 1. The average Bonchev–Trinajstić information content (AvgIpc) is 2.52. The van der Waals surface area contributed by atoms with E-state index < -0.39 is 0 Å². The number of ether oxygens (including phenoxy) is 1. The van der Waals surface area contributed by atoms with Gasteiger partial charge >= 0.3 is 5.97 Å². The third-order valence-corrected chi connectivity index (χ3v) is 1.80. The number of carbonyl (C=O) groups is 1. The van der Waals surface area contributed by atoms with Gasteiger partial charge in [-0.1, -0.05) is 0 Å². The maximum atomic E-state index is 10.9. The fourth-order valence-electron chi connectivity index (χ4n) is 1.08. The van der Waals surface area contributed by atoms with Gasteiger partial charge in [0, 0.05) is 19.8 Å². The number of carbonyl (C=O) groups excluding carboxylic acids is 1. The first-order chi connectivity index (χ1) is 6.74. The normalized spacial score (nSPS) is 10.1. The summed E-state index contributed by atoms with van der Waals surface area (Å²) in [6.45, 7) is 3.07. The van der Waals surface area contributed by atoms with Crippen molar-refractivity contribution in [3.63, 3.8) is 0 Å². The zero-order chi connectivity index (χ0) is 10.4. The van der Waals surface area contributed by atoms with E-state index in [0.717, 1.165) is 5.69 Å². The first kappa shape index (κ1) is 10.7. The Morgan fingerprint density at radius 3 is 3.07 bits per heavy atom. The van der Waals surface area contributed by atoms with E-state index in [1.165, 1.54) is 0 Å². The van der Waals surface area contributed by atoms with Gasteiger partial charge in [0.15, 0.2) is 0 Å². The molecular formula is C9H15N3O2. The smallest absolute Gasteiger partial charge is 0.319 e. The molecule has 0 atom stereocenters. The first-order valence-corrected chi connectivity index (χ1v) is 4.57. The Hall–Kier alpha value is -1.36. The lowest BCUT2D eigenvalue weighted by Gasteiger charge is -2.04. The third kappa shape index (κ3) is 3.18. The molecule has 5 nitrogen and oxygen atoms in total. The molecule has 0 saturated carbocycles. The lowest BCUT2D eigenvalue weighted by atomic mass is 10.4. The van der Waals surface area contributed by atoms with Gasteiger partial charge in [-0.2, -0.15) is 5.10 Å². The molecule has 1 aromatic rings. The van der Waals surface area contributed by atoms with Gasteiger partial charge in [0.25, 0.3) is 0 Å². The van der Waals surface area contributed by atoms with Crippen molar-refractivity contribution in [2.75, 3.05) is 13.2 Å². The number of aromatic nitrogens is 2. The molecule has 0 saturated heterocycles. The van der Waals surface area contributed by atoms with Crippen molar-refractivity contribution in [3.8, 4) is 0 Å². The molecule has 0 radical (unpaired) electrons. The van der Waals surface area contributed by atoms with Gasteiger partial charge in [0.1, 0.15) is 0 Å². The van der Waals surface area contributed by atoms with E-state index in [-0.39, 0.29) is 12.5 Å². The molecule has 14 heavy (non-hydrogen) atoms. The van der Waals surface area contributed by atoms with Crippen LogP contribution in [0.1, 0.15) is 12.6 Å². The van der Waals surface area contributed by atoms with Crippen molar-refractivity contribution >= 4 is 5.97 Å². The van der Waals surface area contributed by atoms with Crippen molar-refractivity contribution < 1.29 is 9.53 Å². The number of hydrogen-bond acceptors (Lipinski definition) is 4. The van der Waals surface area contributed by atoms with Crippen LogP contribution < -0.4 is 5.32 Å². The molecular weight excluding hydrogens is 182 g/mol. The van der Waals surface area contributed by atoms with Crippen LogP contribution in [-0.2, 0) is 23.1 Å². The van der Waals surface area contributed by atoms with E-state index in [1.54, 1.807) is 17.8 Å². The molecule has 0 unspecified atom stereocenters. The van der Waals surface area contributed by atoms with Crippen LogP contribution in [0, 0.1) is 0 Å². The molecule has 5 heteroatoms. The van der Waals surface area contributed by atoms with Crippen LogP contribution in [-0.4, -0.2) is 28.9 Å². The molecule has 1 aromatic heterocycles. The molecule has 1 heterocycles. The minimum absolute atomic E-state index is 0.227. The summed E-state index contributed by atoms with van der Waals surface area (Å²) in [5, 5.41) is 6.99. The van der Waals surface area contributed by atoms with Crippen molar-refractivity contribution in [1.29, 1.82) is 0 Å². The van der Waals surface area contributed by atoms with Gasteiger partial charge < -0.3 is 10.1 Å². The number of rotatable bonds is 5. The highest BCUT2D eigenvalue weighted by Gasteiger charge is 2.02. The Balaban J connectivity index is 2.22. The Bertz CT molecular complexity index is 296. The largest absolute Gasteiger partial charge is 0.465 e. The van der Waals surface area contributed by atoms with Crippen LogP contribution in [0.5, 0.6) is 0 Å². The molecule has 1 rings (SSSR count). The van der Waals surface area contributed by atoms with Crippen molar-refractivity contribution in [1.82, 2.24) is 15.1 Å². The Kier molecular flexibility index (Phi) is 4.12. The van der Waals surface area contributed by atoms with Crippen LogP contribution in [0.2, 0.25) is 0 Å². The highest BCUT2D eigenvalue weighted by Crippen LogP contribution is 1.94. The van der Waals surface area contributed by atoms with Crippen LogP contribution in [0.3, 0.4) is 0 Å². The zero-order valence-corrected chi connectivity index (χ0v) is 8.49. The summed E-state index contributed by atoms with van der Waals surface area (Å²) in [5.41, 5.74) is 1.04. The molecule has 0 aliphatic carbocycles. The lowest BCUT2D eigenvalue weighted by Crippen LogP contribution is -2.25. The summed E-state index contributed by atoms with van der Waals surface area (Å²) >= 11 is 0. The van der Waals surface area contributed by atoms with E-state index in [2.05, 4.69) is 10.4 Å². The van der Waals surface area contributed by atoms with Gasteiger partial charge in [-0.15, -0.1) is 0 Å². The summed E-state index contributed by atoms with van der Waals surface area (Å²) in [6.07, 6.45) is 1.72. The second-order valence-electron chi connectivity index (χ2n) is 2.85. The minimum Gasteiger partial charge on any atom is -0.465 e. The number of nitrogens with one attached hydrogen (secondary N) is 1.